The van der Waals surface area contributed by atoms with Gasteiger partial charge < -0.3 is 15.5 Å². The number of nitrogens with zero attached hydrogens (tertiary/aromatic N) is 1. The van der Waals surface area contributed by atoms with Crippen LogP contribution in [-0.2, 0) is 0 Å². The van der Waals surface area contributed by atoms with E-state index in [0.717, 1.165) is 4.88 Å². The van der Waals surface area contributed by atoms with Crippen LogP contribution in [0.3, 0.4) is 0 Å². The normalized spacial score (nSPS) is 10.3. The maximum atomic E-state index is 11.7. The highest BCUT2D eigenvalue weighted by molar-refractivity contribution is 7.13. The molecule has 5 nitrogen and oxygen atoms in total. The highest BCUT2D eigenvalue weighted by Crippen LogP contribution is 2.27. The molecule has 0 aliphatic carbocycles. The fourth-order valence-electron chi connectivity index (χ4n) is 1.26. The molecule has 0 aromatic carbocycles. The molecule has 2 rings (SSSR count). The minimum atomic E-state index is -0.224. The summed E-state index contributed by atoms with van der Waals surface area (Å²) in [5.41, 5.74) is 7.31. The number of hydrogen-bond acceptors (Lipinski definition) is 5. The molecule has 0 fully saturated rings. The van der Waals surface area contributed by atoms with Gasteiger partial charge in [-0.2, -0.15) is 0 Å². The van der Waals surface area contributed by atoms with Gasteiger partial charge in [-0.05, 0) is 12.1 Å². The van der Waals surface area contributed by atoms with E-state index in [1.165, 1.54) is 11.3 Å². The van der Waals surface area contributed by atoms with Crippen LogP contribution in [0.25, 0.3) is 10.6 Å². The van der Waals surface area contributed by atoms with Gasteiger partial charge in [-0.3, -0.25) is 4.79 Å². The lowest BCUT2D eigenvalue weighted by atomic mass is 10.3. The van der Waals surface area contributed by atoms with E-state index >= 15 is 0 Å². The number of amides is 1. The Kier molecular flexibility index (Phi) is 3.33. The number of hydrogen-bond donors (Lipinski definition) is 2. The first-order chi connectivity index (χ1) is 7.83. The SMILES string of the molecule is NCCNC(=O)c1ncsc1-c1ccco1. The van der Waals surface area contributed by atoms with Gasteiger partial charge in [-0.1, -0.05) is 0 Å². The Balaban J connectivity index is 2.23. The number of furan rings is 1. The largest absolute Gasteiger partial charge is 0.463 e. The number of carbonyl (C=O) groups excluding carboxylic acids is 1. The van der Waals surface area contributed by atoms with Crippen LogP contribution in [-0.4, -0.2) is 24.0 Å². The second kappa shape index (κ2) is 4.91. The van der Waals surface area contributed by atoms with Crippen molar-refractivity contribution in [2.24, 2.45) is 5.73 Å². The van der Waals surface area contributed by atoms with Crippen molar-refractivity contribution in [2.45, 2.75) is 0 Å². The maximum absolute atomic E-state index is 11.7. The number of thiazole rings is 1. The molecule has 0 bridgehead atoms. The molecule has 0 spiro atoms. The molecule has 0 unspecified atom stereocenters. The van der Waals surface area contributed by atoms with Crippen LogP contribution in [0.2, 0.25) is 0 Å². The number of nitrogens with two attached hydrogens (primary N) is 1. The second-order valence-corrected chi connectivity index (χ2v) is 3.91. The summed E-state index contributed by atoms with van der Waals surface area (Å²) in [4.78, 5) is 16.5. The Morgan fingerprint density at radius 2 is 2.50 bits per heavy atom. The molecule has 1 amide bonds. The van der Waals surface area contributed by atoms with Crippen molar-refractivity contribution in [1.29, 1.82) is 0 Å². The van der Waals surface area contributed by atoms with Gasteiger partial charge in [0.15, 0.2) is 0 Å². The molecule has 0 saturated heterocycles. The molecule has 2 aromatic heterocycles. The van der Waals surface area contributed by atoms with Gasteiger partial charge in [0.25, 0.3) is 5.91 Å². The number of nitrogens with one attached hydrogen (secondary N) is 1. The minimum Gasteiger partial charge on any atom is -0.463 e. The maximum Gasteiger partial charge on any atom is 0.271 e. The summed E-state index contributed by atoms with van der Waals surface area (Å²) in [6.07, 6.45) is 1.57. The van der Waals surface area contributed by atoms with Gasteiger partial charge >= 0.3 is 0 Å². The average molecular weight is 237 g/mol. The molecular formula is C10H11N3O2S. The van der Waals surface area contributed by atoms with E-state index in [9.17, 15) is 4.79 Å². The molecule has 2 aromatic rings. The molecule has 16 heavy (non-hydrogen) atoms. The van der Waals surface area contributed by atoms with Crippen molar-refractivity contribution in [3.8, 4) is 10.6 Å². The van der Waals surface area contributed by atoms with Crippen molar-refractivity contribution in [1.82, 2.24) is 10.3 Å². The summed E-state index contributed by atoms with van der Waals surface area (Å²) in [6, 6.07) is 3.57. The summed E-state index contributed by atoms with van der Waals surface area (Å²) < 4.78 is 5.24. The van der Waals surface area contributed by atoms with Crippen molar-refractivity contribution < 1.29 is 9.21 Å². The Morgan fingerprint density at radius 3 is 3.19 bits per heavy atom. The van der Waals surface area contributed by atoms with Gasteiger partial charge in [0.2, 0.25) is 0 Å². The van der Waals surface area contributed by atoms with E-state index in [2.05, 4.69) is 10.3 Å². The zero-order chi connectivity index (χ0) is 11.4. The van der Waals surface area contributed by atoms with Crippen LogP contribution < -0.4 is 11.1 Å². The van der Waals surface area contributed by atoms with E-state index in [4.69, 9.17) is 10.2 Å². The summed E-state index contributed by atoms with van der Waals surface area (Å²) in [7, 11) is 0. The standard InChI is InChI=1S/C10H11N3O2S/c11-3-4-12-10(14)8-9(16-6-13-8)7-2-1-5-15-7/h1-2,5-6H,3-4,11H2,(H,12,14). The summed E-state index contributed by atoms with van der Waals surface area (Å²) >= 11 is 1.37. The van der Waals surface area contributed by atoms with Gasteiger partial charge in [0.1, 0.15) is 16.3 Å². The van der Waals surface area contributed by atoms with E-state index in [1.54, 1.807) is 23.9 Å². The van der Waals surface area contributed by atoms with E-state index < -0.39 is 0 Å². The van der Waals surface area contributed by atoms with Crippen molar-refractivity contribution >= 4 is 17.2 Å². The first-order valence-electron chi connectivity index (χ1n) is 4.78. The molecule has 6 heteroatoms. The first-order valence-corrected chi connectivity index (χ1v) is 5.66. The fraction of sp³-hybridized carbons (Fsp3) is 0.200. The topological polar surface area (TPSA) is 81.1 Å². The monoisotopic (exact) mass is 237 g/mol. The molecule has 2 heterocycles. The Morgan fingerprint density at radius 1 is 1.62 bits per heavy atom. The third kappa shape index (κ3) is 2.12. The molecule has 0 radical (unpaired) electrons. The molecule has 0 saturated carbocycles. The predicted molar refractivity (Wildman–Crippen MR) is 61.2 cm³/mol. The van der Waals surface area contributed by atoms with Crippen molar-refractivity contribution in [2.75, 3.05) is 13.1 Å². The molecular weight excluding hydrogens is 226 g/mol. The van der Waals surface area contributed by atoms with Crippen LogP contribution in [0.1, 0.15) is 10.5 Å². The number of aromatic nitrogens is 1. The van der Waals surface area contributed by atoms with Gasteiger partial charge in [-0.15, -0.1) is 11.3 Å². The molecule has 0 aliphatic rings. The predicted octanol–water partition coefficient (Wildman–Crippen LogP) is 1.09. The van der Waals surface area contributed by atoms with Crippen molar-refractivity contribution in [3.63, 3.8) is 0 Å². The van der Waals surface area contributed by atoms with Crippen LogP contribution in [0.15, 0.2) is 28.3 Å². The smallest absolute Gasteiger partial charge is 0.271 e. The highest BCUT2D eigenvalue weighted by atomic mass is 32.1. The summed E-state index contributed by atoms with van der Waals surface area (Å²) in [5, 5.41) is 2.68. The lowest BCUT2D eigenvalue weighted by molar-refractivity contribution is 0.0951. The highest BCUT2D eigenvalue weighted by Gasteiger charge is 2.17. The number of carbonyl (C=O) groups is 1. The van der Waals surface area contributed by atoms with E-state index in [-0.39, 0.29) is 5.91 Å². The molecule has 3 N–H and O–H groups in total. The molecule has 0 aliphatic heterocycles. The average Bonchev–Trinajstić information content (AvgIpc) is 2.94. The fourth-order valence-corrected chi connectivity index (χ4v) is 2.01. The van der Waals surface area contributed by atoms with Crippen LogP contribution in [0.5, 0.6) is 0 Å². The second-order valence-electron chi connectivity index (χ2n) is 3.05. The molecule has 0 atom stereocenters. The first kappa shape index (κ1) is 10.8. The van der Waals surface area contributed by atoms with Crippen LogP contribution in [0.4, 0.5) is 0 Å². The zero-order valence-corrected chi connectivity index (χ0v) is 9.29. The van der Waals surface area contributed by atoms with Gasteiger partial charge in [0, 0.05) is 13.1 Å². The van der Waals surface area contributed by atoms with Crippen LogP contribution in [0, 0.1) is 0 Å². The number of rotatable bonds is 4. The third-order valence-electron chi connectivity index (χ3n) is 1.96. The quantitative estimate of drug-likeness (QED) is 0.834. The van der Waals surface area contributed by atoms with Gasteiger partial charge in [0.05, 0.1) is 11.8 Å². The lowest BCUT2D eigenvalue weighted by Crippen LogP contribution is -2.29. The Labute approximate surface area is 96.3 Å². The third-order valence-corrected chi connectivity index (χ3v) is 2.80. The van der Waals surface area contributed by atoms with Crippen LogP contribution >= 0.6 is 11.3 Å². The summed E-state index contributed by atoms with van der Waals surface area (Å²) in [6.45, 7) is 0.847. The Bertz CT molecular complexity index is 464. The van der Waals surface area contributed by atoms with Crippen molar-refractivity contribution in [3.05, 3.63) is 29.6 Å². The lowest BCUT2D eigenvalue weighted by Gasteiger charge is -2.01. The minimum absolute atomic E-state index is 0.224. The molecule has 84 valence electrons. The Hall–Kier alpha value is -1.66. The zero-order valence-electron chi connectivity index (χ0n) is 8.47. The van der Waals surface area contributed by atoms with Gasteiger partial charge in [-0.25, -0.2) is 4.98 Å². The summed E-state index contributed by atoms with van der Waals surface area (Å²) in [5.74, 6) is 0.429. The van der Waals surface area contributed by atoms with E-state index in [0.29, 0.717) is 24.5 Å². The van der Waals surface area contributed by atoms with E-state index in [1.807, 2.05) is 0 Å².